The van der Waals surface area contributed by atoms with Crippen molar-refractivity contribution in [2.75, 3.05) is 0 Å². The molecule has 4 heteroatoms. The Morgan fingerprint density at radius 1 is 0.350 bits per heavy atom. The Hall–Kier alpha value is -7.95. The monoisotopic (exact) mass is 765 g/mol. The normalized spacial score (nSPS) is 12.9. The molecule has 10 aromatic rings. The van der Waals surface area contributed by atoms with E-state index in [-0.39, 0.29) is 0 Å². The van der Waals surface area contributed by atoms with E-state index in [1.807, 2.05) is 24.4 Å². The van der Waals surface area contributed by atoms with Gasteiger partial charge in [0.15, 0.2) is 5.82 Å². The van der Waals surface area contributed by atoms with Crippen molar-refractivity contribution in [3.05, 3.63) is 235 Å². The molecule has 4 nitrogen and oxygen atoms in total. The number of hydrogen-bond donors (Lipinski definition) is 0. The Kier molecular flexibility index (Phi) is 7.72. The second-order valence-corrected chi connectivity index (χ2v) is 15.5. The maximum absolute atomic E-state index is 6.64. The summed E-state index contributed by atoms with van der Waals surface area (Å²) in [5.41, 5.74) is 16.8. The highest BCUT2D eigenvalue weighted by molar-refractivity contribution is 5.95. The average Bonchev–Trinajstić information content (AvgIpc) is 3.61. The smallest absolute Gasteiger partial charge is 0.160 e. The lowest BCUT2D eigenvalue weighted by Gasteiger charge is -2.39. The molecule has 1 aliphatic carbocycles. The zero-order valence-electron chi connectivity index (χ0n) is 32.5. The Labute approximate surface area is 348 Å². The van der Waals surface area contributed by atoms with Crippen molar-refractivity contribution < 1.29 is 4.74 Å². The first-order chi connectivity index (χ1) is 29.7. The molecule has 3 heterocycles. The summed E-state index contributed by atoms with van der Waals surface area (Å²) in [6.07, 6.45) is 1.87. The molecule has 0 fully saturated rings. The van der Waals surface area contributed by atoms with Gasteiger partial charge in [0.2, 0.25) is 0 Å². The molecule has 0 N–H and O–H groups in total. The van der Waals surface area contributed by atoms with Gasteiger partial charge in [0, 0.05) is 45.0 Å². The average molecular weight is 766 g/mol. The van der Waals surface area contributed by atoms with Crippen LogP contribution in [0.5, 0.6) is 11.5 Å². The summed E-state index contributed by atoms with van der Waals surface area (Å²) < 4.78 is 6.64. The second-order valence-electron chi connectivity index (χ2n) is 15.5. The van der Waals surface area contributed by atoms with Crippen molar-refractivity contribution >= 4 is 10.9 Å². The fourth-order valence-corrected chi connectivity index (χ4v) is 9.50. The Bertz CT molecular complexity index is 3180. The molecule has 2 aliphatic rings. The molecular weight excluding hydrogens is 731 g/mol. The van der Waals surface area contributed by atoms with E-state index in [2.05, 4.69) is 188 Å². The number of pyridine rings is 1. The maximum Gasteiger partial charge on any atom is 0.160 e. The minimum atomic E-state index is -0.597. The molecule has 60 heavy (non-hydrogen) atoms. The fraction of sp³-hybridized carbons (Fsp3) is 0.0179. The molecule has 0 bridgehead atoms. The van der Waals surface area contributed by atoms with Crippen LogP contribution in [0.2, 0.25) is 0 Å². The standard InChI is InChI=1S/C56H35N3O/c1-3-13-38(14-4-1)50-35-51(39-15-5-2-6-16-39)59-55(58-50)42-29-31-47-45(34-42)44-33-41(36-24-26-37(27-25-36)43-19-11-17-40-18-12-32-57-54(40)43)28-30-46(44)56(47)48-20-7-9-22-52(48)60-53-23-10-8-21-49(53)56/h1-35H. The molecule has 0 saturated heterocycles. The number of ether oxygens (including phenoxy) is 1. The van der Waals surface area contributed by atoms with Gasteiger partial charge in [-0.3, -0.25) is 4.98 Å². The van der Waals surface area contributed by atoms with Gasteiger partial charge in [-0.05, 0) is 75.3 Å². The number of aromatic nitrogens is 3. The van der Waals surface area contributed by atoms with Crippen molar-refractivity contribution in [1.29, 1.82) is 0 Å². The lowest BCUT2D eigenvalue weighted by atomic mass is 9.66. The van der Waals surface area contributed by atoms with Crippen LogP contribution in [0.3, 0.4) is 0 Å². The van der Waals surface area contributed by atoms with Gasteiger partial charge < -0.3 is 4.74 Å². The third kappa shape index (κ3) is 5.28. The lowest BCUT2D eigenvalue weighted by molar-refractivity contribution is 0.436. The van der Waals surface area contributed by atoms with Crippen LogP contribution < -0.4 is 4.74 Å². The number of fused-ring (bicyclic) bond motifs is 10. The first kappa shape index (κ1) is 34.1. The number of para-hydroxylation sites is 3. The summed E-state index contributed by atoms with van der Waals surface area (Å²) in [7, 11) is 0. The minimum Gasteiger partial charge on any atom is -0.457 e. The van der Waals surface area contributed by atoms with Crippen LogP contribution in [-0.4, -0.2) is 15.0 Å². The van der Waals surface area contributed by atoms with Crippen LogP contribution in [0.25, 0.3) is 78.2 Å². The number of rotatable bonds is 5. The van der Waals surface area contributed by atoms with Gasteiger partial charge in [0.25, 0.3) is 0 Å². The number of benzene rings is 8. The van der Waals surface area contributed by atoms with E-state index in [9.17, 15) is 0 Å². The molecule has 8 aromatic carbocycles. The SMILES string of the molecule is c1ccc(-c2cc(-c3ccccc3)nc(-c3ccc4c(c3)-c3cc(-c5ccc(-c6cccc7cccnc67)cc5)ccc3C43c4ccccc4Oc4ccccc43)n2)cc1. The van der Waals surface area contributed by atoms with Crippen LogP contribution >= 0.6 is 0 Å². The molecule has 1 spiro atoms. The van der Waals surface area contributed by atoms with E-state index in [1.54, 1.807) is 0 Å². The lowest BCUT2D eigenvalue weighted by Crippen LogP contribution is -2.32. The molecule has 0 unspecified atom stereocenters. The van der Waals surface area contributed by atoms with Crippen LogP contribution in [-0.2, 0) is 5.41 Å². The number of nitrogens with zero attached hydrogens (tertiary/aromatic N) is 3. The van der Waals surface area contributed by atoms with Crippen molar-refractivity contribution in [3.63, 3.8) is 0 Å². The quantitative estimate of drug-likeness (QED) is 0.175. The molecule has 0 radical (unpaired) electrons. The summed E-state index contributed by atoms with van der Waals surface area (Å²) in [6, 6.07) is 73.0. The highest BCUT2D eigenvalue weighted by Crippen LogP contribution is 2.62. The highest BCUT2D eigenvalue weighted by Gasteiger charge is 2.51. The molecule has 2 aromatic heterocycles. The summed E-state index contributed by atoms with van der Waals surface area (Å²) in [5.74, 6) is 2.42. The van der Waals surface area contributed by atoms with Gasteiger partial charge in [0.05, 0.1) is 22.3 Å². The van der Waals surface area contributed by atoms with E-state index in [1.165, 1.54) is 16.7 Å². The van der Waals surface area contributed by atoms with E-state index in [0.717, 1.165) is 89.4 Å². The third-order valence-electron chi connectivity index (χ3n) is 12.2. The molecule has 0 amide bonds. The van der Waals surface area contributed by atoms with Gasteiger partial charge in [-0.15, -0.1) is 0 Å². The van der Waals surface area contributed by atoms with E-state index in [0.29, 0.717) is 5.82 Å². The Morgan fingerprint density at radius 2 is 0.883 bits per heavy atom. The van der Waals surface area contributed by atoms with E-state index in [4.69, 9.17) is 19.7 Å². The highest BCUT2D eigenvalue weighted by atomic mass is 16.5. The molecule has 0 atom stereocenters. The van der Waals surface area contributed by atoms with Gasteiger partial charge >= 0.3 is 0 Å². The van der Waals surface area contributed by atoms with Crippen molar-refractivity contribution in [3.8, 4) is 78.8 Å². The number of hydrogen-bond acceptors (Lipinski definition) is 4. The second kappa shape index (κ2) is 13.6. The van der Waals surface area contributed by atoms with Crippen molar-refractivity contribution in [1.82, 2.24) is 15.0 Å². The zero-order chi connectivity index (χ0) is 39.6. The van der Waals surface area contributed by atoms with Crippen LogP contribution in [0.15, 0.2) is 212 Å². The summed E-state index contributed by atoms with van der Waals surface area (Å²) in [6.45, 7) is 0. The summed E-state index contributed by atoms with van der Waals surface area (Å²) in [5, 5.41) is 1.13. The van der Waals surface area contributed by atoms with Crippen molar-refractivity contribution in [2.45, 2.75) is 5.41 Å². The molecule has 12 rings (SSSR count). The van der Waals surface area contributed by atoms with Gasteiger partial charge in [-0.2, -0.15) is 0 Å². The molecular formula is C56H35N3O. The largest absolute Gasteiger partial charge is 0.457 e. The summed E-state index contributed by atoms with van der Waals surface area (Å²) in [4.78, 5) is 15.2. The fourth-order valence-electron chi connectivity index (χ4n) is 9.50. The predicted molar refractivity (Wildman–Crippen MR) is 242 cm³/mol. The van der Waals surface area contributed by atoms with Gasteiger partial charge in [-0.25, -0.2) is 9.97 Å². The molecule has 280 valence electrons. The van der Waals surface area contributed by atoms with Gasteiger partial charge in [0.1, 0.15) is 11.5 Å². The summed E-state index contributed by atoms with van der Waals surface area (Å²) >= 11 is 0. The van der Waals surface area contributed by atoms with Crippen LogP contribution in [0.1, 0.15) is 22.3 Å². The topological polar surface area (TPSA) is 47.9 Å². The first-order valence-corrected chi connectivity index (χ1v) is 20.3. The Balaban J connectivity index is 1.06. The third-order valence-corrected chi connectivity index (χ3v) is 12.2. The van der Waals surface area contributed by atoms with E-state index >= 15 is 0 Å². The van der Waals surface area contributed by atoms with Crippen LogP contribution in [0.4, 0.5) is 0 Å². The maximum atomic E-state index is 6.64. The first-order valence-electron chi connectivity index (χ1n) is 20.3. The van der Waals surface area contributed by atoms with E-state index < -0.39 is 5.41 Å². The minimum absolute atomic E-state index is 0.597. The van der Waals surface area contributed by atoms with Gasteiger partial charge in [-0.1, -0.05) is 170 Å². The Morgan fingerprint density at radius 3 is 1.53 bits per heavy atom. The zero-order valence-corrected chi connectivity index (χ0v) is 32.5. The molecule has 1 aliphatic heterocycles. The molecule has 0 saturated carbocycles. The predicted octanol–water partition coefficient (Wildman–Crippen LogP) is 13.8. The van der Waals surface area contributed by atoms with Crippen LogP contribution in [0, 0.1) is 0 Å². The van der Waals surface area contributed by atoms with Crippen molar-refractivity contribution in [2.24, 2.45) is 0 Å².